The van der Waals surface area contributed by atoms with Crippen molar-refractivity contribution in [3.63, 3.8) is 0 Å². The first-order valence-electron chi connectivity index (χ1n) is 6.22. The standard InChI is InChI=1S/C14H15N3O/c18-14(16-12-4-2-1-3-5-12)10-6-7-11-9-15-17-13(11)8-10/h1-2,6-9,12H,3-5H2,(H,15,17)(H,16,18). The quantitative estimate of drug-likeness (QED) is 0.793. The minimum atomic E-state index is -0.00759. The van der Waals surface area contributed by atoms with Crippen LogP contribution in [0.5, 0.6) is 0 Å². The van der Waals surface area contributed by atoms with Gasteiger partial charge in [0.05, 0.1) is 11.7 Å². The van der Waals surface area contributed by atoms with Crippen molar-refractivity contribution in [2.45, 2.75) is 25.3 Å². The fourth-order valence-electron chi connectivity index (χ4n) is 2.27. The predicted molar refractivity (Wildman–Crippen MR) is 70.3 cm³/mol. The fraction of sp³-hybridized carbons (Fsp3) is 0.286. The summed E-state index contributed by atoms with van der Waals surface area (Å²) in [5, 5.41) is 10.9. The SMILES string of the molecule is O=C(NC1CC=CCC1)c1ccc2cn[nH]c2c1. The molecule has 1 atom stereocenters. The third-order valence-corrected chi connectivity index (χ3v) is 3.31. The van der Waals surface area contributed by atoms with Crippen molar-refractivity contribution in [2.24, 2.45) is 0 Å². The van der Waals surface area contributed by atoms with Gasteiger partial charge in [-0.1, -0.05) is 18.2 Å². The van der Waals surface area contributed by atoms with Crippen LogP contribution in [0.25, 0.3) is 10.9 Å². The third kappa shape index (κ3) is 2.14. The van der Waals surface area contributed by atoms with Crippen molar-refractivity contribution in [3.05, 3.63) is 42.1 Å². The summed E-state index contributed by atoms with van der Waals surface area (Å²) in [4.78, 5) is 12.1. The van der Waals surface area contributed by atoms with Gasteiger partial charge < -0.3 is 5.32 Å². The summed E-state index contributed by atoms with van der Waals surface area (Å²) < 4.78 is 0. The second kappa shape index (κ2) is 4.64. The van der Waals surface area contributed by atoms with Gasteiger partial charge in [0.15, 0.2) is 0 Å². The molecule has 0 spiro atoms. The molecule has 1 aromatic carbocycles. The van der Waals surface area contributed by atoms with Gasteiger partial charge in [-0.25, -0.2) is 0 Å². The molecule has 0 saturated heterocycles. The number of carbonyl (C=O) groups is 1. The lowest BCUT2D eigenvalue weighted by molar-refractivity contribution is 0.0935. The molecule has 1 aliphatic rings. The molecule has 4 nitrogen and oxygen atoms in total. The Labute approximate surface area is 105 Å². The highest BCUT2D eigenvalue weighted by Crippen LogP contribution is 2.15. The number of H-pyrrole nitrogens is 1. The minimum absolute atomic E-state index is 0.00759. The Morgan fingerprint density at radius 3 is 3.17 bits per heavy atom. The number of nitrogens with zero attached hydrogens (tertiary/aromatic N) is 1. The van der Waals surface area contributed by atoms with Crippen molar-refractivity contribution in [1.29, 1.82) is 0 Å². The van der Waals surface area contributed by atoms with Gasteiger partial charge in [0, 0.05) is 17.0 Å². The molecule has 1 heterocycles. The van der Waals surface area contributed by atoms with Crippen molar-refractivity contribution < 1.29 is 4.79 Å². The fourth-order valence-corrected chi connectivity index (χ4v) is 2.27. The second-order valence-corrected chi connectivity index (χ2v) is 4.63. The number of hydrogen-bond acceptors (Lipinski definition) is 2. The van der Waals surface area contributed by atoms with Crippen molar-refractivity contribution >= 4 is 16.8 Å². The molecular formula is C14H15N3O. The molecule has 92 valence electrons. The first-order chi connectivity index (χ1) is 8.83. The molecule has 0 fully saturated rings. The van der Waals surface area contributed by atoms with Gasteiger partial charge in [0.25, 0.3) is 5.91 Å². The van der Waals surface area contributed by atoms with E-state index in [9.17, 15) is 4.79 Å². The maximum Gasteiger partial charge on any atom is 0.251 e. The lowest BCUT2D eigenvalue weighted by atomic mass is 10.0. The Balaban J connectivity index is 1.76. The average molecular weight is 241 g/mol. The summed E-state index contributed by atoms with van der Waals surface area (Å²) in [7, 11) is 0. The van der Waals surface area contributed by atoms with Crippen molar-refractivity contribution in [1.82, 2.24) is 15.5 Å². The number of nitrogens with one attached hydrogen (secondary N) is 2. The van der Waals surface area contributed by atoms with Gasteiger partial charge in [-0.3, -0.25) is 9.89 Å². The maximum absolute atomic E-state index is 12.1. The number of carbonyl (C=O) groups excluding carboxylic acids is 1. The van der Waals surface area contributed by atoms with Crippen molar-refractivity contribution in [2.75, 3.05) is 0 Å². The zero-order chi connectivity index (χ0) is 12.4. The lowest BCUT2D eigenvalue weighted by Crippen LogP contribution is -2.35. The number of amides is 1. The van der Waals surface area contributed by atoms with E-state index in [0.717, 1.165) is 30.2 Å². The molecule has 4 heteroatoms. The number of hydrogen-bond donors (Lipinski definition) is 2. The van der Waals surface area contributed by atoms with E-state index < -0.39 is 0 Å². The predicted octanol–water partition coefficient (Wildman–Crippen LogP) is 2.40. The Hall–Kier alpha value is -2.10. The number of allylic oxidation sites excluding steroid dienone is 1. The Kier molecular flexibility index (Phi) is 2.84. The van der Waals surface area contributed by atoms with Crippen LogP contribution < -0.4 is 5.32 Å². The van der Waals surface area contributed by atoms with Crippen LogP contribution in [0.4, 0.5) is 0 Å². The second-order valence-electron chi connectivity index (χ2n) is 4.63. The number of fused-ring (bicyclic) bond motifs is 1. The first kappa shape index (κ1) is 11.0. The van der Waals surface area contributed by atoms with Gasteiger partial charge in [0.1, 0.15) is 0 Å². The number of rotatable bonds is 2. The summed E-state index contributed by atoms with van der Waals surface area (Å²) in [6.07, 6.45) is 9.05. The van der Waals surface area contributed by atoms with Crippen LogP contribution in [-0.2, 0) is 0 Å². The van der Waals surface area contributed by atoms with Gasteiger partial charge in [-0.2, -0.15) is 5.10 Å². The van der Waals surface area contributed by atoms with Gasteiger partial charge in [0.2, 0.25) is 0 Å². The Bertz CT molecular complexity index is 600. The van der Waals surface area contributed by atoms with Crippen LogP contribution in [0.2, 0.25) is 0 Å². The molecule has 0 aliphatic heterocycles. The molecule has 1 aliphatic carbocycles. The van der Waals surface area contributed by atoms with Crippen LogP contribution >= 0.6 is 0 Å². The minimum Gasteiger partial charge on any atom is -0.349 e. The van der Waals surface area contributed by atoms with E-state index in [1.165, 1.54) is 0 Å². The normalized spacial score (nSPS) is 19.0. The summed E-state index contributed by atoms with van der Waals surface area (Å²) in [6, 6.07) is 5.86. The van der Waals surface area contributed by atoms with E-state index in [-0.39, 0.29) is 11.9 Å². The third-order valence-electron chi connectivity index (χ3n) is 3.31. The van der Waals surface area contributed by atoms with E-state index in [0.29, 0.717) is 5.56 Å². The molecule has 1 amide bonds. The summed E-state index contributed by atoms with van der Waals surface area (Å²) >= 11 is 0. The molecule has 1 unspecified atom stereocenters. The molecule has 0 radical (unpaired) electrons. The van der Waals surface area contributed by atoms with Crippen LogP contribution in [0.1, 0.15) is 29.6 Å². The summed E-state index contributed by atoms with van der Waals surface area (Å²) in [5.41, 5.74) is 1.58. The molecule has 18 heavy (non-hydrogen) atoms. The highest BCUT2D eigenvalue weighted by Gasteiger charge is 2.14. The van der Waals surface area contributed by atoms with Crippen LogP contribution in [0.15, 0.2) is 36.5 Å². The maximum atomic E-state index is 12.1. The average Bonchev–Trinajstić information content (AvgIpc) is 2.87. The highest BCUT2D eigenvalue weighted by atomic mass is 16.1. The Morgan fingerprint density at radius 1 is 1.39 bits per heavy atom. The monoisotopic (exact) mass is 241 g/mol. The molecule has 0 bridgehead atoms. The first-order valence-corrected chi connectivity index (χ1v) is 6.22. The van der Waals surface area contributed by atoms with Crippen LogP contribution in [0, 0.1) is 0 Å². The number of benzene rings is 1. The zero-order valence-electron chi connectivity index (χ0n) is 10.0. The Morgan fingerprint density at radius 2 is 2.33 bits per heavy atom. The van der Waals surface area contributed by atoms with Gasteiger partial charge in [-0.05, 0) is 31.4 Å². The van der Waals surface area contributed by atoms with E-state index in [1.807, 2.05) is 18.2 Å². The van der Waals surface area contributed by atoms with E-state index in [2.05, 4.69) is 27.7 Å². The molecule has 2 N–H and O–H groups in total. The zero-order valence-corrected chi connectivity index (χ0v) is 10.0. The van der Waals surface area contributed by atoms with Gasteiger partial charge in [-0.15, -0.1) is 0 Å². The van der Waals surface area contributed by atoms with Crippen LogP contribution in [0.3, 0.4) is 0 Å². The molecule has 1 aromatic heterocycles. The summed E-state index contributed by atoms with van der Waals surface area (Å²) in [6.45, 7) is 0. The molecule has 3 rings (SSSR count). The van der Waals surface area contributed by atoms with Crippen molar-refractivity contribution in [3.8, 4) is 0 Å². The number of aromatic amines is 1. The number of aromatic nitrogens is 2. The molecule has 0 saturated carbocycles. The van der Waals surface area contributed by atoms with Gasteiger partial charge >= 0.3 is 0 Å². The van der Waals surface area contributed by atoms with E-state index >= 15 is 0 Å². The van der Waals surface area contributed by atoms with E-state index in [1.54, 1.807) is 6.20 Å². The highest BCUT2D eigenvalue weighted by molar-refractivity contribution is 5.97. The van der Waals surface area contributed by atoms with Crippen LogP contribution in [-0.4, -0.2) is 22.1 Å². The smallest absolute Gasteiger partial charge is 0.251 e. The summed E-state index contributed by atoms with van der Waals surface area (Å²) in [5.74, 6) is -0.00759. The lowest BCUT2D eigenvalue weighted by Gasteiger charge is -2.19. The molecular weight excluding hydrogens is 226 g/mol. The molecule has 2 aromatic rings. The largest absolute Gasteiger partial charge is 0.349 e. The van der Waals surface area contributed by atoms with E-state index in [4.69, 9.17) is 0 Å². The topological polar surface area (TPSA) is 57.8 Å².